The average Bonchev–Trinajstić information content (AvgIpc) is 2.43. The maximum atomic E-state index is 10.7. The van der Waals surface area contributed by atoms with Crippen LogP contribution in [-0.4, -0.2) is 59.4 Å². The summed E-state index contributed by atoms with van der Waals surface area (Å²) >= 11 is 0. The molecule has 116 valence electrons. The second kappa shape index (κ2) is 13.7. The molecule has 6 heteroatoms. The van der Waals surface area contributed by atoms with Gasteiger partial charge in [-0.05, 0) is 13.3 Å². The number of aliphatic hydroxyl groups is 4. The van der Waals surface area contributed by atoms with Crippen molar-refractivity contribution in [1.82, 2.24) is 0 Å². The van der Waals surface area contributed by atoms with E-state index in [2.05, 4.69) is 6.92 Å². The van der Waals surface area contributed by atoms with Gasteiger partial charge in [-0.2, -0.15) is 0 Å². The van der Waals surface area contributed by atoms with Gasteiger partial charge in [0.1, 0.15) is 0 Å². The van der Waals surface area contributed by atoms with E-state index in [0.29, 0.717) is 13.0 Å². The normalized spacial score (nSPS) is 10.6. The number of hydrogen-bond donors (Lipinski definition) is 4. The fourth-order valence-corrected chi connectivity index (χ4v) is 1.05. The number of ether oxygens (including phenoxy) is 1. The molecule has 0 bridgehead atoms. The summed E-state index contributed by atoms with van der Waals surface area (Å²) in [4.78, 5) is 10.7. The van der Waals surface area contributed by atoms with E-state index in [9.17, 15) is 4.79 Å². The summed E-state index contributed by atoms with van der Waals surface area (Å²) in [6, 6.07) is 0. The van der Waals surface area contributed by atoms with Crippen molar-refractivity contribution >= 4 is 5.97 Å². The van der Waals surface area contributed by atoms with Crippen molar-refractivity contribution in [2.24, 2.45) is 5.41 Å². The maximum Gasteiger partial charge on any atom is 0.305 e. The molecule has 6 nitrogen and oxygen atoms in total. The van der Waals surface area contributed by atoms with E-state index in [4.69, 9.17) is 25.2 Å². The largest absolute Gasteiger partial charge is 0.466 e. The average molecular weight is 280 g/mol. The lowest BCUT2D eigenvalue weighted by Crippen LogP contribution is -2.37. The molecule has 0 amide bonds. The molecule has 0 aromatic heterocycles. The molecular formula is C13H28O6. The van der Waals surface area contributed by atoms with Gasteiger partial charge in [0.25, 0.3) is 0 Å². The van der Waals surface area contributed by atoms with Crippen molar-refractivity contribution in [2.75, 3.05) is 33.0 Å². The lowest BCUT2D eigenvalue weighted by molar-refractivity contribution is -0.143. The predicted molar refractivity (Wildman–Crippen MR) is 71.6 cm³/mol. The first-order chi connectivity index (χ1) is 9.05. The number of rotatable bonds is 9. The van der Waals surface area contributed by atoms with Crippen molar-refractivity contribution in [2.45, 2.75) is 39.5 Å². The summed E-state index contributed by atoms with van der Waals surface area (Å²) in [5.41, 5.74) is -1.11. The molecule has 0 saturated carbocycles. The minimum absolute atomic E-state index is 0.0593. The van der Waals surface area contributed by atoms with E-state index in [0.717, 1.165) is 19.3 Å². The molecule has 0 aliphatic rings. The standard InChI is InChI=1S/C8H16O2.C5H12O4/c1-3-5-6-7-8(9)10-4-2;6-1-5(2-7,3-8)4-9/h3-7H2,1-2H3;6-9H,1-4H2. The molecule has 0 aromatic carbocycles. The van der Waals surface area contributed by atoms with E-state index in [1.165, 1.54) is 0 Å². The third-order valence-electron chi connectivity index (χ3n) is 2.63. The Morgan fingerprint density at radius 3 is 1.68 bits per heavy atom. The van der Waals surface area contributed by atoms with E-state index in [1.807, 2.05) is 6.92 Å². The Morgan fingerprint density at radius 2 is 1.42 bits per heavy atom. The number of esters is 1. The third kappa shape index (κ3) is 10.9. The fourth-order valence-electron chi connectivity index (χ4n) is 1.05. The third-order valence-corrected chi connectivity index (χ3v) is 2.63. The maximum absolute atomic E-state index is 10.7. The number of hydrogen-bond acceptors (Lipinski definition) is 6. The van der Waals surface area contributed by atoms with Gasteiger partial charge in [-0.1, -0.05) is 19.8 Å². The Kier molecular flexibility index (Phi) is 14.9. The Bertz CT molecular complexity index is 186. The van der Waals surface area contributed by atoms with Crippen LogP contribution in [0.15, 0.2) is 0 Å². The number of unbranched alkanes of at least 4 members (excludes halogenated alkanes) is 2. The van der Waals surface area contributed by atoms with E-state index in [-0.39, 0.29) is 5.97 Å². The second-order valence-corrected chi connectivity index (χ2v) is 4.39. The summed E-state index contributed by atoms with van der Waals surface area (Å²) in [6.07, 6.45) is 3.83. The SMILES string of the molecule is CCCCCC(=O)OCC.OCC(CO)(CO)CO. The van der Waals surface area contributed by atoms with Crippen LogP contribution in [0.25, 0.3) is 0 Å². The Morgan fingerprint density at radius 1 is 0.947 bits per heavy atom. The molecule has 4 N–H and O–H groups in total. The Balaban J connectivity index is 0. The van der Waals surface area contributed by atoms with E-state index < -0.39 is 31.8 Å². The van der Waals surface area contributed by atoms with Crippen molar-refractivity contribution in [1.29, 1.82) is 0 Å². The Labute approximate surface area is 115 Å². The molecule has 0 atom stereocenters. The zero-order valence-electron chi connectivity index (χ0n) is 12.0. The van der Waals surface area contributed by atoms with Crippen molar-refractivity contribution < 1.29 is 30.0 Å². The van der Waals surface area contributed by atoms with Crippen molar-refractivity contribution in [3.63, 3.8) is 0 Å². The molecule has 0 radical (unpaired) electrons. The highest BCUT2D eigenvalue weighted by atomic mass is 16.5. The van der Waals surface area contributed by atoms with Gasteiger partial charge in [-0.15, -0.1) is 0 Å². The van der Waals surface area contributed by atoms with Crippen LogP contribution in [0.5, 0.6) is 0 Å². The van der Waals surface area contributed by atoms with E-state index in [1.54, 1.807) is 0 Å². The van der Waals surface area contributed by atoms with Crippen LogP contribution < -0.4 is 0 Å². The molecule has 0 spiro atoms. The van der Waals surface area contributed by atoms with Crippen LogP contribution in [0.3, 0.4) is 0 Å². The molecular weight excluding hydrogens is 252 g/mol. The van der Waals surface area contributed by atoms with Crippen LogP contribution in [-0.2, 0) is 9.53 Å². The number of carbonyl (C=O) groups is 1. The zero-order chi connectivity index (χ0) is 15.1. The highest BCUT2D eigenvalue weighted by molar-refractivity contribution is 5.69. The lowest BCUT2D eigenvalue weighted by Gasteiger charge is -2.23. The molecule has 0 fully saturated rings. The first-order valence-electron chi connectivity index (χ1n) is 6.64. The Hall–Kier alpha value is -0.690. The summed E-state index contributed by atoms with van der Waals surface area (Å²) in [6.45, 7) is 2.83. The van der Waals surface area contributed by atoms with Gasteiger partial charge >= 0.3 is 5.97 Å². The number of carbonyl (C=O) groups excluding carboxylic acids is 1. The fraction of sp³-hybridized carbons (Fsp3) is 0.923. The summed E-state index contributed by atoms with van der Waals surface area (Å²) in [5, 5.41) is 34.0. The minimum atomic E-state index is -1.11. The topological polar surface area (TPSA) is 107 Å². The first-order valence-corrected chi connectivity index (χ1v) is 6.64. The summed E-state index contributed by atoms with van der Waals surface area (Å²) in [7, 11) is 0. The second-order valence-electron chi connectivity index (χ2n) is 4.39. The van der Waals surface area contributed by atoms with Crippen molar-refractivity contribution in [3.05, 3.63) is 0 Å². The van der Waals surface area contributed by atoms with Gasteiger partial charge < -0.3 is 25.2 Å². The summed E-state index contributed by atoms with van der Waals surface area (Å²) in [5.74, 6) is -0.0593. The molecule has 0 aromatic rings. The van der Waals surface area contributed by atoms with E-state index >= 15 is 0 Å². The van der Waals surface area contributed by atoms with Gasteiger partial charge in [-0.25, -0.2) is 0 Å². The molecule has 0 aliphatic heterocycles. The highest BCUT2D eigenvalue weighted by Crippen LogP contribution is 2.11. The van der Waals surface area contributed by atoms with Crippen LogP contribution in [0, 0.1) is 5.41 Å². The lowest BCUT2D eigenvalue weighted by atomic mass is 9.93. The summed E-state index contributed by atoms with van der Waals surface area (Å²) < 4.78 is 4.75. The molecule has 0 aliphatic carbocycles. The predicted octanol–water partition coefficient (Wildman–Crippen LogP) is 0.0718. The smallest absolute Gasteiger partial charge is 0.305 e. The molecule has 19 heavy (non-hydrogen) atoms. The van der Waals surface area contributed by atoms with Crippen LogP contribution in [0.4, 0.5) is 0 Å². The molecule has 0 heterocycles. The van der Waals surface area contributed by atoms with Gasteiger partial charge in [0.2, 0.25) is 0 Å². The minimum Gasteiger partial charge on any atom is -0.466 e. The van der Waals surface area contributed by atoms with Crippen molar-refractivity contribution in [3.8, 4) is 0 Å². The number of aliphatic hydroxyl groups excluding tert-OH is 4. The quantitative estimate of drug-likeness (QED) is 0.352. The molecule has 0 unspecified atom stereocenters. The van der Waals surface area contributed by atoms with Crippen LogP contribution in [0.2, 0.25) is 0 Å². The van der Waals surface area contributed by atoms with Gasteiger partial charge in [0.15, 0.2) is 0 Å². The zero-order valence-corrected chi connectivity index (χ0v) is 12.0. The molecule has 0 rings (SSSR count). The van der Waals surface area contributed by atoms with Gasteiger partial charge in [0, 0.05) is 6.42 Å². The first kappa shape index (κ1) is 20.6. The van der Waals surface area contributed by atoms with Gasteiger partial charge in [-0.3, -0.25) is 4.79 Å². The van der Waals surface area contributed by atoms with Gasteiger partial charge in [0.05, 0.1) is 38.4 Å². The molecule has 0 saturated heterocycles. The van der Waals surface area contributed by atoms with Crippen LogP contribution in [0.1, 0.15) is 39.5 Å². The highest BCUT2D eigenvalue weighted by Gasteiger charge is 2.26. The monoisotopic (exact) mass is 280 g/mol. The van der Waals surface area contributed by atoms with Crippen LogP contribution >= 0.6 is 0 Å².